The van der Waals surface area contributed by atoms with Crippen LogP contribution in [0, 0.1) is 11.3 Å². The molecule has 0 aromatic heterocycles. The van der Waals surface area contributed by atoms with Gasteiger partial charge >= 0.3 is 0 Å². The van der Waals surface area contributed by atoms with Crippen molar-refractivity contribution in [1.82, 2.24) is 0 Å². The van der Waals surface area contributed by atoms with Crippen LogP contribution in [-0.4, -0.2) is 25.7 Å². The van der Waals surface area contributed by atoms with E-state index in [1.165, 1.54) is 6.08 Å². The second kappa shape index (κ2) is 3.68. The molecule has 1 saturated heterocycles. The van der Waals surface area contributed by atoms with Gasteiger partial charge in [-0.25, -0.2) is 0 Å². The van der Waals surface area contributed by atoms with E-state index in [1.807, 2.05) is 19.9 Å². The molecule has 4 nitrogen and oxygen atoms in total. The molecule has 0 aromatic carbocycles. The largest absolute Gasteiger partial charge is 0.373 e. The van der Waals surface area contributed by atoms with Crippen LogP contribution in [0.4, 0.5) is 0 Å². The van der Waals surface area contributed by atoms with Crippen LogP contribution in [0.15, 0.2) is 23.1 Å². The van der Waals surface area contributed by atoms with Crippen LogP contribution in [0.1, 0.15) is 20.3 Å². The molecule has 1 fully saturated rings. The van der Waals surface area contributed by atoms with Crippen molar-refractivity contribution in [3.05, 3.63) is 23.1 Å². The first kappa shape index (κ1) is 11.8. The Morgan fingerprint density at radius 2 is 2.25 bits per heavy atom. The van der Waals surface area contributed by atoms with E-state index in [0.29, 0.717) is 0 Å². The minimum absolute atomic E-state index is 0.00579. The van der Waals surface area contributed by atoms with Crippen LogP contribution in [-0.2, 0) is 14.9 Å². The topological polar surface area (TPSA) is 66.9 Å². The maximum absolute atomic E-state index is 11.1. The fraction of sp³-hybridized carbons (Fsp3) is 0.636. The summed E-state index contributed by atoms with van der Waals surface area (Å²) in [5.74, 6) is 0.238. The Hall–Kier alpha value is -0.650. The monoisotopic (exact) mass is 244 g/mol. The number of allylic oxidation sites excluding steroid dienone is 3. The van der Waals surface area contributed by atoms with E-state index in [-0.39, 0.29) is 22.3 Å². The predicted molar refractivity (Wildman–Crippen MR) is 60.4 cm³/mol. The van der Waals surface area contributed by atoms with Crippen LogP contribution in [0.2, 0.25) is 0 Å². The molecule has 0 bridgehead atoms. The van der Waals surface area contributed by atoms with Crippen molar-refractivity contribution in [3.63, 3.8) is 0 Å². The lowest BCUT2D eigenvalue weighted by Gasteiger charge is -2.33. The zero-order valence-corrected chi connectivity index (χ0v) is 10.2. The van der Waals surface area contributed by atoms with Gasteiger partial charge in [0.1, 0.15) is 0 Å². The first-order chi connectivity index (χ1) is 7.31. The van der Waals surface area contributed by atoms with E-state index in [0.717, 1.165) is 13.0 Å². The van der Waals surface area contributed by atoms with Gasteiger partial charge in [0, 0.05) is 0 Å². The number of epoxide rings is 1. The minimum Gasteiger partial charge on any atom is -0.373 e. The molecular weight excluding hydrogens is 228 g/mol. The lowest BCUT2D eigenvalue weighted by Crippen LogP contribution is -2.27. The van der Waals surface area contributed by atoms with Crippen molar-refractivity contribution in [3.8, 4) is 0 Å². The maximum Gasteiger partial charge on any atom is 0.294 e. The van der Waals surface area contributed by atoms with Gasteiger partial charge in [0.05, 0.1) is 17.6 Å². The Kier molecular flexibility index (Phi) is 2.72. The van der Waals surface area contributed by atoms with Gasteiger partial charge in [-0.3, -0.25) is 4.55 Å². The molecule has 1 N–H and O–H groups in total. The van der Waals surface area contributed by atoms with Crippen LogP contribution in [0.5, 0.6) is 0 Å². The van der Waals surface area contributed by atoms with Crippen LogP contribution >= 0.6 is 0 Å². The molecule has 2 rings (SSSR count). The van der Waals surface area contributed by atoms with Gasteiger partial charge in [-0.2, -0.15) is 8.42 Å². The summed E-state index contributed by atoms with van der Waals surface area (Å²) in [6, 6.07) is 0. The first-order valence-electron chi connectivity index (χ1n) is 5.31. The summed E-state index contributed by atoms with van der Waals surface area (Å²) >= 11 is 0. The van der Waals surface area contributed by atoms with Crippen molar-refractivity contribution < 1.29 is 17.7 Å². The average molecular weight is 244 g/mol. The van der Waals surface area contributed by atoms with Crippen LogP contribution < -0.4 is 0 Å². The van der Waals surface area contributed by atoms with Crippen molar-refractivity contribution >= 4 is 10.1 Å². The average Bonchev–Trinajstić information content (AvgIpc) is 2.92. The Morgan fingerprint density at radius 3 is 2.75 bits per heavy atom. The predicted octanol–water partition coefficient (Wildman–Crippen LogP) is 1.76. The Balaban J connectivity index is 2.29. The molecule has 3 atom stereocenters. The molecule has 0 radical (unpaired) electrons. The molecule has 0 amide bonds. The van der Waals surface area contributed by atoms with E-state index < -0.39 is 10.1 Å². The highest BCUT2D eigenvalue weighted by atomic mass is 32.2. The van der Waals surface area contributed by atoms with Crippen molar-refractivity contribution in [2.45, 2.75) is 26.4 Å². The van der Waals surface area contributed by atoms with E-state index in [9.17, 15) is 8.42 Å². The standard InChI is InChI=1S/C11H16O4S/c1-8-3-4-10(16(12,13)14)6-11(8,2)5-9-7-15-9/h3-4,6,8-9H,5,7H2,1-2H3,(H,12,13,14)/t8-,9?,11?/m1/s1. The zero-order valence-electron chi connectivity index (χ0n) is 9.38. The van der Waals surface area contributed by atoms with E-state index in [2.05, 4.69) is 0 Å². The summed E-state index contributed by atoms with van der Waals surface area (Å²) < 4.78 is 36.4. The zero-order chi connectivity index (χ0) is 12.0. The number of ether oxygens (including phenoxy) is 1. The van der Waals surface area contributed by atoms with Crippen molar-refractivity contribution in [1.29, 1.82) is 0 Å². The first-order valence-corrected chi connectivity index (χ1v) is 6.75. The smallest absolute Gasteiger partial charge is 0.294 e. The Bertz CT molecular complexity index is 445. The van der Waals surface area contributed by atoms with Gasteiger partial charge in [-0.1, -0.05) is 26.0 Å². The third-order valence-corrected chi connectivity index (χ3v) is 4.28. The lowest BCUT2D eigenvalue weighted by molar-refractivity contribution is 0.255. The molecule has 0 aromatic rings. The number of rotatable bonds is 3. The SMILES string of the molecule is C[C@@H]1C=CC(S(=O)(=O)O)=CC1(C)CC1CO1. The molecule has 0 saturated carbocycles. The molecule has 5 heteroatoms. The summed E-state index contributed by atoms with van der Waals surface area (Å²) in [7, 11) is -4.10. The highest BCUT2D eigenvalue weighted by molar-refractivity contribution is 7.90. The van der Waals surface area contributed by atoms with Gasteiger partial charge in [0.15, 0.2) is 0 Å². The molecule has 1 aliphatic carbocycles. The van der Waals surface area contributed by atoms with Gasteiger partial charge in [-0.05, 0) is 23.8 Å². The molecule has 1 heterocycles. The van der Waals surface area contributed by atoms with Gasteiger partial charge in [-0.15, -0.1) is 0 Å². The quantitative estimate of drug-likeness (QED) is 0.607. The molecule has 0 spiro atoms. The summed E-state index contributed by atoms with van der Waals surface area (Å²) in [4.78, 5) is -0.00579. The maximum atomic E-state index is 11.1. The van der Waals surface area contributed by atoms with Gasteiger partial charge in [0.25, 0.3) is 10.1 Å². The third kappa shape index (κ3) is 2.36. The van der Waals surface area contributed by atoms with E-state index >= 15 is 0 Å². The Morgan fingerprint density at radius 1 is 1.62 bits per heavy atom. The summed E-state index contributed by atoms with van der Waals surface area (Å²) in [6.45, 7) is 4.78. The summed E-state index contributed by atoms with van der Waals surface area (Å²) in [6.07, 6.45) is 5.96. The third-order valence-electron chi connectivity index (χ3n) is 3.43. The molecule has 2 unspecified atom stereocenters. The van der Waals surface area contributed by atoms with Gasteiger partial charge in [0.2, 0.25) is 0 Å². The fourth-order valence-corrected chi connectivity index (χ4v) is 2.71. The van der Waals surface area contributed by atoms with Crippen LogP contribution in [0.3, 0.4) is 0 Å². The highest BCUT2D eigenvalue weighted by Crippen LogP contribution is 2.42. The lowest BCUT2D eigenvalue weighted by atomic mass is 9.72. The van der Waals surface area contributed by atoms with Crippen LogP contribution in [0.25, 0.3) is 0 Å². The fourth-order valence-electron chi connectivity index (χ4n) is 2.05. The van der Waals surface area contributed by atoms with E-state index in [1.54, 1.807) is 6.08 Å². The molecule has 2 aliphatic rings. The highest BCUT2D eigenvalue weighted by Gasteiger charge is 2.38. The van der Waals surface area contributed by atoms with Crippen molar-refractivity contribution in [2.75, 3.05) is 6.61 Å². The number of hydrogen-bond acceptors (Lipinski definition) is 3. The molecule has 1 aliphatic heterocycles. The number of hydrogen-bond donors (Lipinski definition) is 1. The summed E-state index contributed by atoms with van der Waals surface area (Å²) in [5, 5.41) is 0. The normalized spacial score (nSPS) is 38.3. The Labute approximate surface area is 95.7 Å². The second-order valence-electron chi connectivity index (χ2n) is 4.83. The minimum atomic E-state index is -4.10. The molecule has 16 heavy (non-hydrogen) atoms. The summed E-state index contributed by atoms with van der Waals surface area (Å²) in [5.41, 5.74) is -0.263. The van der Waals surface area contributed by atoms with Crippen molar-refractivity contribution in [2.24, 2.45) is 11.3 Å². The van der Waals surface area contributed by atoms with E-state index in [4.69, 9.17) is 9.29 Å². The molecular formula is C11H16O4S. The molecule has 90 valence electrons. The van der Waals surface area contributed by atoms with Gasteiger partial charge < -0.3 is 4.74 Å². The second-order valence-corrected chi connectivity index (χ2v) is 6.26.